The van der Waals surface area contributed by atoms with E-state index in [0.29, 0.717) is 0 Å². The van der Waals surface area contributed by atoms with Crippen LogP contribution in [0.25, 0.3) is 0 Å². The van der Waals surface area contributed by atoms with E-state index in [0.717, 1.165) is 63.4 Å². The van der Waals surface area contributed by atoms with Gasteiger partial charge in [-0.3, -0.25) is 14.6 Å². The lowest BCUT2D eigenvalue weighted by atomic mass is 9.76. The lowest BCUT2D eigenvalue weighted by Gasteiger charge is -2.39. The molecular weight excluding hydrogens is 310 g/mol. The van der Waals surface area contributed by atoms with Crippen LogP contribution in [0.15, 0.2) is 5.38 Å². The Morgan fingerprint density at radius 3 is 2.78 bits per heavy atom. The number of hydrogen-bond acceptors (Lipinski definition) is 5. The van der Waals surface area contributed by atoms with Crippen LogP contribution in [0.5, 0.6) is 0 Å². The number of thiazole rings is 1. The Hall–Kier alpha value is -0.980. The third-order valence-electron chi connectivity index (χ3n) is 5.37. The highest BCUT2D eigenvalue weighted by Crippen LogP contribution is 2.43. The number of carboxylic acid groups (broad SMARTS) is 1. The lowest BCUT2D eigenvalue weighted by molar-refractivity contribution is -0.142. The van der Waals surface area contributed by atoms with Gasteiger partial charge in [0.2, 0.25) is 0 Å². The number of likely N-dealkylation sites (tertiary alicyclic amines) is 2. The molecule has 2 aliphatic heterocycles. The van der Waals surface area contributed by atoms with Gasteiger partial charge in [0.05, 0.1) is 10.7 Å². The molecule has 1 N–H and O–H groups in total. The van der Waals surface area contributed by atoms with Gasteiger partial charge in [-0.1, -0.05) is 6.92 Å². The molecule has 1 aromatic rings. The Morgan fingerprint density at radius 2 is 2.22 bits per heavy atom. The summed E-state index contributed by atoms with van der Waals surface area (Å²) in [6.07, 6.45) is 4.07. The van der Waals surface area contributed by atoms with Gasteiger partial charge in [-0.05, 0) is 57.7 Å². The van der Waals surface area contributed by atoms with Crippen molar-refractivity contribution in [2.75, 3.05) is 26.2 Å². The zero-order valence-electron chi connectivity index (χ0n) is 14.1. The van der Waals surface area contributed by atoms with Crippen LogP contribution in [0.2, 0.25) is 0 Å². The van der Waals surface area contributed by atoms with Crippen molar-refractivity contribution < 1.29 is 9.90 Å². The number of nitrogens with zero attached hydrogens (tertiary/aromatic N) is 3. The van der Waals surface area contributed by atoms with Gasteiger partial charge in [0.1, 0.15) is 6.04 Å². The van der Waals surface area contributed by atoms with E-state index < -0.39 is 5.97 Å². The molecule has 0 bridgehead atoms. The van der Waals surface area contributed by atoms with Crippen molar-refractivity contribution in [1.29, 1.82) is 0 Å². The number of aromatic nitrogens is 1. The zero-order valence-corrected chi connectivity index (χ0v) is 14.9. The normalized spacial score (nSPS) is 25.2. The Balaban J connectivity index is 1.58. The molecule has 5 nitrogen and oxygen atoms in total. The van der Waals surface area contributed by atoms with E-state index in [-0.39, 0.29) is 11.5 Å². The molecule has 1 spiro atoms. The molecule has 0 aromatic carbocycles. The number of aryl methyl sites for hydroxylation is 1. The van der Waals surface area contributed by atoms with Gasteiger partial charge in [-0.2, -0.15) is 0 Å². The first-order valence-corrected chi connectivity index (χ1v) is 9.49. The number of hydrogen-bond donors (Lipinski definition) is 1. The van der Waals surface area contributed by atoms with Crippen LogP contribution in [0, 0.1) is 12.3 Å². The molecule has 0 saturated carbocycles. The molecule has 2 aliphatic rings. The molecule has 1 atom stereocenters. The molecule has 128 valence electrons. The fraction of sp³-hybridized carbons (Fsp3) is 0.765. The standard InChI is InChI=1S/C17H27N3O2S/c1-3-6-20-12-17(9-15(20)16(21)22)4-7-19(8-5-17)10-14-11-23-13(2)18-14/h11,15H,3-10,12H2,1-2H3,(H,21,22)/t15-/m0/s1. The summed E-state index contributed by atoms with van der Waals surface area (Å²) in [7, 11) is 0. The topological polar surface area (TPSA) is 56.7 Å². The third-order valence-corrected chi connectivity index (χ3v) is 6.19. The maximum absolute atomic E-state index is 11.6. The summed E-state index contributed by atoms with van der Waals surface area (Å²) in [5.41, 5.74) is 1.39. The molecule has 3 heterocycles. The van der Waals surface area contributed by atoms with Gasteiger partial charge in [-0.15, -0.1) is 11.3 Å². The van der Waals surface area contributed by atoms with Crippen molar-refractivity contribution in [1.82, 2.24) is 14.8 Å². The van der Waals surface area contributed by atoms with E-state index in [1.54, 1.807) is 11.3 Å². The maximum atomic E-state index is 11.6. The minimum Gasteiger partial charge on any atom is -0.480 e. The smallest absolute Gasteiger partial charge is 0.320 e. The second-order valence-electron chi connectivity index (χ2n) is 7.16. The van der Waals surface area contributed by atoms with Crippen LogP contribution in [0.3, 0.4) is 0 Å². The van der Waals surface area contributed by atoms with Crippen molar-refractivity contribution in [3.63, 3.8) is 0 Å². The quantitative estimate of drug-likeness (QED) is 0.895. The zero-order chi connectivity index (χ0) is 16.4. The SMILES string of the molecule is CCCN1CC2(CCN(Cc3csc(C)n3)CC2)C[C@H]1C(=O)O. The average molecular weight is 337 g/mol. The molecule has 0 aliphatic carbocycles. The number of piperidine rings is 1. The van der Waals surface area contributed by atoms with Crippen LogP contribution in [-0.4, -0.2) is 58.1 Å². The largest absolute Gasteiger partial charge is 0.480 e. The predicted molar refractivity (Wildman–Crippen MR) is 91.7 cm³/mol. The van der Waals surface area contributed by atoms with Crippen molar-refractivity contribution >= 4 is 17.3 Å². The summed E-state index contributed by atoms with van der Waals surface area (Å²) >= 11 is 1.71. The first-order chi connectivity index (χ1) is 11.0. The molecule has 2 fully saturated rings. The van der Waals surface area contributed by atoms with Crippen molar-refractivity contribution in [2.45, 2.75) is 52.1 Å². The minimum absolute atomic E-state index is 0.215. The van der Waals surface area contributed by atoms with E-state index in [4.69, 9.17) is 0 Å². The highest BCUT2D eigenvalue weighted by Gasteiger charge is 2.47. The van der Waals surface area contributed by atoms with Crippen molar-refractivity contribution in [3.8, 4) is 0 Å². The molecular formula is C17H27N3O2S. The number of rotatable bonds is 5. The van der Waals surface area contributed by atoms with Gasteiger partial charge in [0.15, 0.2) is 0 Å². The third kappa shape index (κ3) is 3.75. The van der Waals surface area contributed by atoms with E-state index >= 15 is 0 Å². The highest BCUT2D eigenvalue weighted by molar-refractivity contribution is 7.09. The molecule has 23 heavy (non-hydrogen) atoms. The Labute approximate surface area is 142 Å². The number of carboxylic acids is 1. The van der Waals surface area contributed by atoms with Crippen LogP contribution in [-0.2, 0) is 11.3 Å². The van der Waals surface area contributed by atoms with Crippen LogP contribution in [0.4, 0.5) is 0 Å². The van der Waals surface area contributed by atoms with E-state index in [1.807, 2.05) is 6.92 Å². The van der Waals surface area contributed by atoms with Gasteiger partial charge in [-0.25, -0.2) is 4.98 Å². The first kappa shape index (κ1) is 16.9. The molecule has 1 aromatic heterocycles. The maximum Gasteiger partial charge on any atom is 0.320 e. The molecule has 6 heteroatoms. The molecule has 3 rings (SSSR count). The second-order valence-corrected chi connectivity index (χ2v) is 8.22. The van der Waals surface area contributed by atoms with Crippen LogP contribution in [0.1, 0.15) is 43.3 Å². The van der Waals surface area contributed by atoms with Crippen LogP contribution >= 0.6 is 11.3 Å². The Kier molecular flexibility index (Phi) is 5.04. The Morgan fingerprint density at radius 1 is 1.48 bits per heavy atom. The van der Waals surface area contributed by atoms with E-state index in [1.165, 1.54) is 5.69 Å². The second kappa shape index (κ2) is 6.87. The Bertz CT molecular complexity index is 552. The lowest BCUT2D eigenvalue weighted by Crippen LogP contribution is -2.41. The summed E-state index contributed by atoms with van der Waals surface area (Å²) in [6, 6.07) is -0.275. The van der Waals surface area contributed by atoms with Crippen LogP contribution < -0.4 is 0 Å². The summed E-state index contributed by atoms with van der Waals surface area (Å²) in [5, 5.41) is 12.8. The van der Waals surface area contributed by atoms with Crippen molar-refractivity contribution in [2.24, 2.45) is 5.41 Å². The van der Waals surface area contributed by atoms with Gasteiger partial charge in [0, 0.05) is 18.5 Å². The number of carbonyl (C=O) groups is 1. The first-order valence-electron chi connectivity index (χ1n) is 8.61. The fourth-order valence-electron chi connectivity index (χ4n) is 4.17. The summed E-state index contributed by atoms with van der Waals surface area (Å²) in [5.74, 6) is -0.643. The molecule has 2 saturated heterocycles. The minimum atomic E-state index is -0.643. The molecule has 0 amide bonds. The average Bonchev–Trinajstić information content (AvgIpc) is 3.07. The van der Waals surface area contributed by atoms with Crippen molar-refractivity contribution in [3.05, 3.63) is 16.1 Å². The van der Waals surface area contributed by atoms with Gasteiger partial charge < -0.3 is 5.11 Å². The predicted octanol–water partition coefficient (Wildman–Crippen LogP) is 2.60. The van der Waals surface area contributed by atoms with Gasteiger partial charge >= 0.3 is 5.97 Å². The summed E-state index contributed by atoms with van der Waals surface area (Å²) < 4.78 is 0. The molecule has 0 unspecified atom stereocenters. The van der Waals surface area contributed by atoms with E-state index in [2.05, 4.69) is 27.1 Å². The molecule has 0 radical (unpaired) electrons. The highest BCUT2D eigenvalue weighted by atomic mass is 32.1. The fourth-order valence-corrected chi connectivity index (χ4v) is 4.77. The summed E-state index contributed by atoms with van der Waals surface area (Å²) in [6.45, 7) is 9.09. The monoisotopic (exact) mass is 337 g/mol. The number of aliphatic carboxylic acids is 1. The van der Waals surface area contributed by atoms with Gasteiger partial charge in [0.25, 0.3) is 0 Å². The van der Waals surface area contributed by atoms with E-state index in [9.17, 15) is 9.90 Å². The summed E-state index contributed by atoms with van der Waals surface area (Å²) in [4.78, 5) is 20.8.